The molecule has 0 aromatic heterocycles. The van der Waals surface area contributed by atoms with Crippen molar-refractivity contribution in [1.82, 2.24) is 0 Å². The summed E-state index contributed by atoms with van der Waals surface area (Å²) in [7, 11) is 0. The number of hydrogen-bond acceptors (Lipinski definition) is 3. The highest BCUT2D eigenvalue weighted by molar-refractivity contribution is 6.06. The fraction of sp³-hybridized carbons (Fsp3) is 0.222. The van der Waals surface area contributed by atoms with Crippen LogP contribution in [0.3, 0.4) is 0 Å². The van der Waals surface area contributed by atoms with Crippen molar-refractivity contribution in [2.75, 3.05) is 24.7 Å². The van der Waals surface area contributed by atoms with Crippen LogP contribution in [0.25, 0.3) is 0 Å². The number of benzene rings is 2. The van der Waals surface area contributed by atoms with Gasteiger partial charge in [0.2, 0.25) is 0 Å². The lowest BCUT2D eigenvalue weighted by atomic mass is 10.1. The fourth-order valence-corrected chi connectivity index (χ4v) is 2.27. The SMILES string of the molecule is CCOCCN(C(=O)c1ccc(F)cc1)c1cccc(C(=O)O)c1F. The Hall–Kier alpha value is -2.80. The fourth-order valence-electron chi connectivity index (χ4n) is 2.27. The van der Waals surface area contributed by atoms with Gasteiger partial charge in [-0.25, -0.2) is 13.6 Å². The van der Waals surface area contributed by atoms with Crippen LogP contribution in [0.15, 0.2) is 42.5 Å². The number of carboxylic acids is 1. The van der Waals surface area contributed by atoms with Gasteiger partial charge >= 0.3 is 5.97 Å². The van der Waals surface area contributed by atoms with E-state index in [0.29, 0.717) is 6.61 Å². The Balaban J connectivity index is 2.42. The number of amides is 1. The number of aromatic carboxylic acids is 1. The van der Waals surface area contributed by atoms with Crippen molar-refractivity contribution in [2.45, 2.75) is 6.92 Å². The van der Waals surface area contributed by atoms with Gasteiger partial charge in [0.1, 0.15) is 5.82 Å². The third-order valence-electron chi connectivity index (χ3n) is 3.50. The van der Waals surface area contributed by atoms with E-state index in [2.05, 4.69) is 0 Å². The van der Waals surface area contributed by atoms with Gasteiger partial charge in [-0.1, -0.05) is 6.07 Å². The Labute approximate surface area is 143 Å². The van der Waals surface area contributed by atoms with Crippen LogP contribution in [-0.4, -0.2) is 36.7 Å². The van der Waals surface area contributed by atoms with Crippen molar-refractivity contribution in [3.63, 3.8) is 0 Å². The molecular weight excluding hydrogens is 332 g/mol. The van der Waals surface area contributed by atoms with Crippen LogP contribution in [0.5, 0.6) is 0 Å². The molecule has 132 valence electrons. The predicted molar refractivity (Wildman–Crippen MR) is 87.9 cm³/mol. The van der Waals surface area contributed by atoms with E-state index >= 15 is 0 Å². The Morgan fingerprint density at radius 3 is 2.40 bits per heavy atom. The van der Waals surface area contributed by atoms with Gasteiger partial charge in [-0.2, -0.15) is 0 Å². The first-order valence-electron chi connectivity index (χ1n) is 7.62. The molecule has 0 radical (unpaired) electrons. The van der Waals surface area contributed by atoms with Gasteiger partial charge in [0, 0.05) is 18.7 Å². The molecule has 2 aromatic carbocycles. The minimum Gasteiger partial charge on any atom is -0.478 e. The lowest BCUT2D eigenvalue weighted by Gasteiger charge is -2.24. The van der Waals surface area contributed by atoms with Crippen LogP contribution in [0.4, 0.5) is 14.5 Å². The van der Waals surface area contributed by atoms with E-state index < -0.39 is 29.1 Å². The maximum atomic E-state index is 14.5. The van der Waals surface area contributed by atoms with E-state index in [1.54, 1.807) is 6.92 Å². The molecule has 0 fully saturated rings. The Morgan fingerprint density at radius 1 is 1.12 bits per heavy atom. The van der Waals surface area contributed by atoms with Gasteiger partial charge < -0.3 is 14.7 Å². The van der Waals surface area contributed by atoms with Crippen LogP contribution in [0, 0.1) is 11.6 Å². The van der Waals surface area contributed by atoms with Gasteiger partial charge in [-0.15, -0.1) is 0 Å². The second-order valence-corrected chi connectivity index (χ2v) is 5.10. The average molecular weight is 349 g/mol. The highest BCUT2D eigenvalue weighted by atomic mass is 19.1. The highest BCUT2D eigenvalue weighted by Crippen LogP contribution is 2.24. The van der Waals surface area contributed by atoms with Crippen molar-refractivity contribution in [3.8, 4) is 0 Å². The highest BCUT2D eigenvalue weighted by Gasteiger charge is 2.23. The van der Waals surface area contributed by atoms with E-state index in [1.165, 1.54) is 24.3 Å². The molecule has 0 aliphatic carbocycles. The van der Waals surface area contributed by atoms with Gasteiger partial charge in [-0.05, 0) is 43.3 Å². The molecule has 0 saturated heterocycles. The number of ether oxygens (including phenoxy) is 1. The van der Waals surface area contributed by atoms with Crippen molar-refractivity contribution >= 4 is 17.6 Å². The van der Waals surface area contributed by atoms with E-state index in [-0.39, 0.29) is 24.4 Å². The molecule has 0 bridgehead atoms. The smallest absolute Gasteiger partial charge is 0.338 e. The minimum atomic E-state index is -1.43. The number of halogens is 2. The average Bonchev–Trinajstić information content (AvgIpc) is 2.59. The second-order valence-electron chi connectivity index (χ2n) is 5.10. The third-order valence-corrected chi connectivity index (χ3v) is 3.50. The number of nitrogens with zero attached hydrogens (tertiary/aromatic N) is 1. The molecule has 7 heteroatoms. The lowest BCUT2D eigenvalue weighted by molar-refractivity contribution is 0.0691. The minimum absolute atomic E-state index is 0.0179. The monoisotopic (exact) mass is 349 g/mol. The van der Waals surface area contributed by atoms with E-state index in [4.69, 9.17) is 9.84 Å². The maximum Gasteiger partial charge on any atom is 0.338 e. The Bertz CT molecular complexity index is 762. The van der Waals surface area contributed by atoms with E-state index in [0.717, 1.165) is 23.1 Å². The summed E-state index contributed by atoms with van der Waals surface area (Å²) in [5.41, 5.74) is -0.558. The van der Waals surface area contributed by atoms with Gasteiger partial charge in [0.05, 0.1) is 17.9 Å². The molecule has 0 spiro atoms. The molecule has 0 atom stereocenters. The summed E-state index contributed by atoms with van der Waals surface area (Å²) in [6, 6.07) is 8.59. The molecule has 25 heavy (non-hydrogen) atoms. The largest absolute Gasteiger partial charge is 0.478 e. The summed E-state index contributed by atoms with van der Waals surface area (Å²) in [6.45, 7) is 2.35. The zero-order valence-electron chi connectivity index (χ0n) is 13.5. The maximum absolute atomic E-state index is 14.5. The van der Waals surface area contributed by atoms with E-state index in [1.807, 2.05) is 0 Å². The first-order chi connectivity index (χ1) is 12.0. The van der Waals surface area contributed by atoms with Crippen LogP contribution in [0.1, 0.15) is 27.6 Å². The molecular formula is C18H17F2NO4. The van der Waals surface area contributed by atoms with Crippen LogP contribution in [0.2, 0.25) is 0 Å². The van der Waals surface area contributed by atoms with Gasteiger partial charge in [0.25, 0.3) is 5.91 Å². The second kappa shape index (κ2) is 8.34. The molecule has 0 aliphatic heterocycles. The first-order valence-corrected chi connectivity index (χ1v) is 7.62. The molecule has 0 heterocycles. The summed E-state index contributed by atoms with van der Waals surface area (Å²) in [4.78, 5) is 24.9. The zero-order valence-corrected chi connectivity index (χ0v) is 13.5. The summed E-state index contributed by atoms with van der Waals surface area (Å²) in [6.07, 6.45) is 0. The Morgan fingerprint density at radius 2 is 1.80 bits per heavy atom. The normalized spacial score (nSPS) is 10.5. The van der Waals surface area contributed by atoms with Crippen molar-refractivity contribution in [2.24, 2.45) is 0 Å². The lowest BCUT2D eigenvalue weighted by Crippen LogP contribution is -2.35. The van der Waals surface area contributed by atoms with Crippen LogP contribution in [-0.2, 0) is 4.74 Å². The molecule has 0 aliphatic rings. The molecule has 5 nitrogen and oxygen atoms in total. The number of carbonyl (C=O) groups is 2. The van der Waals surface area contributed by atoms with Crippen molar-refractivity contribution in [3.05, 3.63) is 65.2 Å². The van der Waals surface area contributed by atoms with Crippen LogP contribution < -0.4 is 4.90 Å². The number of carbonyl (C=O) groups excluding carboxylic acids is 1. The summed E-state index contributed by atoms with van der Waals surface area (Å²) in [5, 5.41) is 9.06. The predicted octanol–water partition coefficient (Wildman–Crippen LogP) is 3.35. The van der Waals surface area contributed by atoms with Gasteiger partial charge in [0.15, 0.2) is 5.82 Å². The number of carboxylic acid groups (broad SMARTS) is 1. The molecule has 0 unspecified atom stereocenters. The summed E-state index contributed by atoms with van der Waals surface area (Å²) >= 11 is 0. The summed E-state index contributed by atoms with van der Waals surface area (Å²) < 4.78 is 32.8. The Kier molecular flexibility index (Phi) is 6.19. The molecule has 1 amide bonds. The van der Waals surface area contributed by atoms with Gasteiger partial charge in [-0.3, -0.25) is 4.79 Å². The summed E-state index contributed by atoms with van der Waals surface area (Å²) in [5.74, 6) is -3.53. The van der Waals surface area contributed by atoms with E-state index in [9.17, 15) is 18.4 Å². The van der Waals surface area contributed by atoms with Crippen LogP contribution >= 0.6 is 0 Å². The molecule has 0 saturated carbocycles. The zero-order chi connectivity index (χ0) is 18.4. The quantitative estimate of drug-likeness (QED) is 0.779. The number of hydrogen-bond donors (Lipinski definition) is 1. The van der Waals surface area contributed by atoms with Crippen molar-refractivity contribution in [1.29, 1.82) is 0 Å². The standard InChI is InChI=1S/C18H17F2NO4/c1-2-25-11-10-21(17(22)12-6-8-13(19)9-7-12)15-5-3-4-14(16(15)20)18(23)24/h3-9H,2,10-11H2,1H3,(H,23,24). The molecule has 1 N–H and O–H groups in total. The third kappa shape index (κ3) is 4.39. The molecule has 2 rings (SSSR count). The molecule has 2 aromatic rings. The first kappa shape index (κ1) is 18.5. The van der Waals surface area contributed by atoms with Crippen molar-refractivity contribution < 1.29 is 28.2 Å². The number of rotatable bonds is 7. The topological polar surface area (TPSA) is 66.8 Å². The number of anilines is 1.